The molecule has 4 rings (SSSR count). The van der Waals surface area contributed by atoms with E-state index < -0.39 is 5.82 Å². The zero-order valence-corrected chi connectivity index (χ0v) is 19.5. The lowest BCUT2D eigenvalue weighted by Gasteiger charge is -2.14. The molecule has 0 radical (unpaired) electrons. The van der Waals surface area contributed by atoms with Gasteiger partial charge in [-0.3, -0.25) is 19.0 Å². The van der Waals surface area contributed by atoms with Gasteiger partial charge in [-0.15, -0.1) is 0 Å². The van der Waals surface area contributed by atoms with Crippen LogP contribution >= 0.6 is 11.8 Å². The SMILES string of the molecule is O=C(CCCn1c(SCC(=O)c2ccc(F)cc2)nc2ccccc2c1=O)NC[C@H]1CCCO1. The average molecular weight is 484 g/mol. The van der Waals surface area contributed by atoms with Crippen molar-refractivity contribution in [1.82, 2.24) is 14.9 Å². The van der Waals surface area contributed by atoms with Crippen LogP contribution in [0.5, 0.6) is 0 Å². The van der Waals surface area contributed by atoms with Gasteiger partial charge in [-0.1, -0.05) is 23.9 Å². The summed E-state index contributed by atoms with van der Waals surface area (Å²) in [5.74, 6) is -0.627. The number of nitrogens with zero attached hydrogens (tertiary/aromatic N) is 2. The minimum atomic E-state index is -0.408. The van der Waals surface area contributed by atoms with Crippen LogP contribution in [-0.2, 0) is 16.1 Å². The van der Waals surface area contributed by atoms with Crippen LogP contribution in [0.4, 0.5) is 4.39 Å². The highest BCUT2D eigenvalue weighted by Gasteiger charge is 2.17. The fourth-order valence-electron chi connectivity index (χ4n) is 3.82. The van der Waals surface area contributed by atoms with Crippen LogP contribution < -0.4 is 10.9 Å². The summed E-state index contributed by atoms with van der Waals surface area (Å²) >= 11 is 1.16. The van der Waals surface area contributed by atoms with Gasteiger partial charge in [0.05, 0.1) is 22.8 Å². The molecule has 1 aliphatic heterocycles. The van der Waals surface area contributed by atoms with Gasteiger partial charge in [0, 0.05) is 31.7 Å². The lowest BCUT2D eigenvalue weighted by atomic mass is 10.1. The van der Waals surface area contributed by atoms with Crippen molar-refractivity contribution < 1.29 is 18.7 Å². The maximum Gasteiger partial charge on any atom is 0.262 e. The van der Waals surface area contributed by atoms with E-state index in [4.69, 9.17) is 4.74 Å². The number of aromatic nitrogens is 2. The molecule has 9 heteroatoms. The maximum absolute atomic E-state index is 13.1. The molecule has 1 N–H and O–H groups in total. The van der Waals surface area contributed by atoms with Gasteiger partial charge in [-0.2, -0.15) is 0 Å². The largest absolute Gasteiger partial charge is 0.376 e. The number of ether oxygens (including phenoxy) is 1. The fourth-order valence-corrected chi connectivity index (χ4v) is 4.74. The first-order valence-corrected chi connectivity index (χ1v) is 12.3. The van der Waals surface area contributed by atoms with E-state index in [1.807, 2.05) is 0 Å². The van der Waals surface area contributed by atoms with E-state index in [0.29, 0.717) is 41.1 Å². The Hall–Kier alpha value is -3.04. The number of hydrogen-bond donors (Lipinski definition) is 1. The highest BCUT2D eigenvalue weighted by atomic mass is 32.2. The number of fused-ring (bicyclic) bond motifs is 1. The summed E-state index contributed by atoms with van der Waals surface area (Å²) in [6, 6.07) is 12.4. The topological polar surface area (TPSA) is 90.3 Å². The van der Waals surface area contributed by atoms with Crippen LogP contribution in [0.3, 0.4) is 0 Å². The number of rotatable bonds is 10. The van der Waals surface area contributed by atoms with Crippen LogP contribution in [0.25, 0.3) is 10.9 Å². The predicted molar refractivity (Wildman–Crippen MR) is 129 cm³/mol. The van der Waals surface area contributed by atoms with Gasteiger partial charge in [0.2, 0.25) is 5.91 Å². The second-order valence-corrected chi connectivity index (χ2v) is 9.07. The Morgan fingerprint density at radius 1 is 1.18 bits per heavy atom. The van der Waals surface area contributed by atoms with Crippen LogP contribution in [0.1, 0.15) is 36.0 Å². The summed E-state index contributed by atoms with van der Waals surface area (Å²) in [6.45, 7) is 1.54. The number of thioether (sulfide) groups is 1. The number of benzene rings is 2. The minimum Gasteiger partial charge on any atom is -0.376 e. The van der Waals surface area contributed by atoms with Gasteiger partial charge < -0.3 is 10.1 Å². The van der Waals surface area contributed by atoms with E-state index >= 15 is 0 Å². The Labute approximate surface area is 200 Å². The number of hydrogen-bond acceptors (Lipinski definition) is 6. The first-order chi connectivity index (χ1) is 16.5. The third-order valence-electron chi connectivity index (χ3n) is 5.66. The second kappa shape index (κ2) is 11.4. The number of para-hydroxylation sites is 1. The van der Waals surface area contributed by atoms with Crippen LogP contribution in [0.15, 0.2) is 58.5 Å². The quantitative estimate of drug-likeness (QED) is 0.269. The molecule has 7 nitrogen and oxygen atoms in total. The van der Waals surface area contributed by atoms with Crippen molar-refractivity contribution in [2.24, 2.45) is 0 Å². The zero-order valence-electron chi connectivity index (χ0n) is 18.7. The van der Waals surface area contributed by atoms with E-state index in [1.54, 1.807) is 24.3 Å². The van der Waals surface area contributed by atoms with Crippen LogP contribution in [0.2, 0.25) is 0 Å². The molecule has 2 heterocycles. The Morgan fingerprint density at radius 2 is 1.97 bits per heavy atom. The van der Waals surface area contributed by atoms with Gasteiger partial charge in [0.15, 0.2) is 10.9 Å². The maximum atomic E-state index is 13.1. The Bertz CT molecular complexity index is 1220. The van der Waals surface area contributed by atoms with Crippen molar-refractivity contribution >= 4 is 34.4 Å². The number of carbonyl (C=O) groups is 2. The average Bonchev–Trinajstić information content (AvgIpc) is 3.37. The van der Waals surface area contributed by atoms with E-state index in [-0.39, 0.29) is 35.5 Å². The smallest absolute Gasteiger partial charge is 0.262 e. The van der Waals surface area contributed by atoms with Gasteiger partial charge in [-0.25, -0.2) is 9.37 Å². The molecule has 1 amide bonds. The number of halogens is 1. The number of carbonyl (C=O) groups excluding carboxylic acids is 2. The normalized spacial score (nSPS) is 15.5. The highest BCUT2D eigenvalue weighted by molar-refractivity contribution is 7.99. The molecule has 178 valence electrons. The molecule has 34 heavy (non-hydrogen) atoms. The van der Waals surface area contributed by atoms with Crippen molar-refractivity contribution in [1.29, 1.82) is 0 Å². The molecular weight excluding hydrogens is 457 g/mol. The van der Waals surface area contributed by atoms with Crippen LogP contribution in [0, 0.1) is 5.82 Å². The molecule has 0 spiro atoms. The second-order valence-electron chi connectivity index (χ2n) is 8.13. The predicted octanol–water partition coefficient (Wildman–Crippen LogP) is 3.59. The van der Waals surface area contributed by atoms with Crippen molar-refractivity contribution in [3.05, 3.63) is 70.3 Å². The first kappa shape index (κ1) is 24.1. The minimum absolute atomic E-state index is 0.0539. The molecule has 1 atom stereocenters. The molecule has 2 aromatic carbocycles. The summed E-state index contributed by atoms with van der Waals surface area (Å²) in [7, 11) is 0. The number of ketones is 1. The monoisotopic (exact) mass is 483 g/mol. The van der Waals surface area contributed by atoms with E-state index in [2.05, 4.69) is 10.3 Å². The van der Waals surface area contributed by atoms with Crippen molar-refractivity contribution in [2.75, 3.05) is 18.9 Å². The van der Waals surface area contributed by atoms with Crippen LogP contribution in [-0.4, -0.2) is 46.2 Å². The molecule has 1 fully saturated rings. The molecule has 1 aromatic heterocycles. The number of Topliss-reactive ketones (excluding diaryl/α,β-unsaturated/α-hetero) is 1. The molecule has 0 saturated carbocycles. The summed E-state index contributed by atoms with van der Waals surface area (Å²) in [4.78, 5) is 42.5. The number of nitrogens with one attached hydrogen (secondary N) is 1. The highest BCUT2D eigenvalue weighted by Crippen LogP contribution is 2.20. The lowest BCUT2D eigenvalue weighted by Crippen LogP contribution is -2.32. The van der Waals surface area contributed by atoms with E-state index in [9.17, 15) is 18.8 Å². The molecule has 0 aliphatic carbocycles. The first-order valence-electron chi connectivity index (χ1n) is 11.3. The van der Waals surface area contributed by atoms with Gasteiger partial charge in [0.25, 0.3) is 5.56 Å². The molecule has 0 unspecified atom stereocenters. The molecule has 1 saturated heterocycles. The van der Waals surface area contributed by atoms with Crippen molar-refractivity contribution in [3.8, 4) is 0 Å². The van der Waals surface area contributed by atoms with Gasteiger partial charge in [0.1, 0.15) is 5.82 Å². The van der Waals surface area contributed by atoms with E-state index in [1.165, 1.54) is 28.8 Å². The Kier molecular flexibility index (Phi) is 8.08. The fraction of sp³-hybridized carbons (Fsp3) is 0.360. The number of amides is 1. The van der Waals surface area contributed by atoms with Crippen molar-refractivity contribution in [3.63, 3.8) is 0 Å². The van der Waals surface area contributed by atoms with Gasteiger partial charge in [-0.05, 0) is 55.7 Å². The van der Waals surface area contributed by atoms with Gasteiger partial charge >= 0.3 is 0 Å². The lowest BCUT2D eigenvalue weighted by molar-refractivity contribution is -0.121. The summed E-state index contributed by atoms with van der Waals surface area (Å²) in [5, 5.41) is 3.79. The standard InChI is InChI=1S/C25H26FN3O4S/c26-18-11-9-17(10-12-18)22(30)16-34-25-28-21-7-2-1-6-20(21)24(32)29(25)13-3-8-23(31)27-15-19-5-4-14-33-19/h1-2,6-7,9-12,19H,3-5,8,13-16H2,(H,27,31)/t19-/m1/s1. The summed E-state index contributed by atoms with van der Waals surface area (Å²) in [6.07, 6.45) is 2.78. The molecule has 3 aromatic rings. The third-order valence-corrected chi connectivity index (χ3v) is 6.64. The molecule has 0 bridgehead atoms. The summed E-state index contributed by atoms with van der Waals surface area (Å²) < 4.78 is 20.2. The zero-order chi connectivity index (χ0) is 23.9. The Balaban J connectivity index is 1.43. The van der Waals surface area contributed by atoms with Crippen molar-refractivity contribution in [2.45, 2.75) is 43.5 Å². The Morgan fingerprint density at radius 3 is 2.74 bits per heavy atom. The molecular formula is C25H26FN3O4S. The third kappa shape index (κ3) is 6.09. The molecule has 1 aliphatic rings. The summed E-state index contributed by atoms with van der Waals surface area (Å²) in [5.41, 5.74) is 0.739. The van der Waals surface area contributed by atoms with E-state index in [0.717, 1.165) is 31.2 Å².